The minimum absolute atomic E-state index is 0.180. The van der Waals surface area contributed by atoms with Gasteiger partial charge in [-0.1, -0.05) is 17.7 Å². The van der Waals surface area contributed by atoms with Crippen LogP contribution in [0.1, 0.15) is 16.1 Å². The standard InChI is InChI=1S/C18H16ClN5O2/c1-26-16-5-4-13(19)7-14(16)24-18(25)15-10-23-17(11-21-15)22-9-12-3-2-6-20-8-12/h2-8,10-11H,9H2,1H3,(H,22,23)(H,24,25). The Kier molecular flexibility index (Phi) is 5.60. The number of hydrogen-bond acceptors (Lipinski definition) is 6. The summed E-state index contributed by atoms with van der Waals surface area (Å²) in [7, 11) is 1.52. The molecule has 0 atom stereocenters. The highest BCUT2D eigenvalue weighted by molar-refractivity contribution is 6.31. The Bertz CT molecular complexity index is 888. The number of methoxy groups -OCH3 is 1. The molecule has 7 nitrogen and oxygen atoms in total. The lowest BCUT2D eigenvalue weighted by atomic mass is 10.2. The molecule has 2 N–H and O–H groups in total. The van der Waals surface area contributed by atoms with Crippen molar-refractivity contribution in [2.45, 2.75) is 6.54 Å². The molecule has 0 radical (unpaired) electrons. The van der Waals surface area contributed by atoms with Gasteiger partial charge in [0.15, 0.2) is 0 Å². The van der Waals surface area contributed by atoms with Crippen molar-refractivity contribution in [1.29, 1.82) is 0 Å². The molecule has 0 aliphatic rings. The third-order valence-electron chi connectivity index (χ3n) is 3.49. The van der Waals surface area contributed by atoms with Crippen molar-refractivity contribution in [2.75, 3.05) is 17.7 Å². The summed E-state index contributed by atoms with van der Waals surface area (Å²) in [6.45, 7) is 0.563. The average Bonchev–Trinajstić information content (AvgIpc) is 2.68. The van der Waals surface area contributed by atoms with Crippen LogP contribution in [0, 0.1) is 0 Å². The zero-order valence-electron chi connectivity index (χ0n) is 13.9. The molecular weight excluding hydrogens is 354 g/mol. The molecule has 1 amide bonds. The van der Waals surface area contributed by atoms with Crippen LogP contribution in [-0.4, -0.2) is 28.0 Å². The maximum atomic E-state index is 12.3. The lowest BCUT2D eigenvalue weighted by Gasteiger charge is -2.10. The van der Waals surface area contributed by atoms with E-state index in [1.807, 2.05) is 12.1 Å². The molecule has 0 aliphatic carbocycles. The number of benzene rings is 1. The Morgan fingerprint density at radius 2 is 2.08 bits per heavy atom. The molecule has 0 aliphatic heterocycles. The number of halogens is 1. The number of rotatable bonds is 6. The van der Waals surface area contributed by atoms with Crippen molar-refractivity contribution >= 4 is 29.0 Å². The van der Waals surface area contributed by atoms with E-state index in [-0.39, 0.29) is 5.69 Å². The Morgan fingerprint density at radius 3 is 2.77 bits per heavy atom. The first kappa shape index (κ1) is 17.6. The number of nitrogens with zero attached hydrogens (tertiary/aromatic N) is 3. The molecule has 0 saturated carbocycles. The highest BCUT2D eigenvalue weighted by Crippen LogP contribution is 2.27. The van der Waals surface area contributed by atoms with Gasteiger partial charge in [0.2, 0.25) is 0 Å². The lowest BCUT2D eigenvalue weighted by Crippen LogP contribution is -2.15. The minimum Gasteiger partial charge on any atom is -0.495 e. The van der Waals surface area contributed by atoms with Gasteiger partial charge in [0.05, 0.1) is 25.2 Å². The maximum Gasteiger partial charge on any atom is 0.275 e. The molecule has 0 saturated heterocycles. The topological polar surface area (TPSA) is 89.0 Å². The Balaban J connectivity index is 1.64. The van der Waals surface area contributed by atoms with Crippen LogP contribution >= 0.6 is 11.6 Å². The van der Waals surface area contributed by atoms with Crippen LogP contribution in [0.5, 0.6) is 5.75 Å². The van der Waals surface area contributed by atoms with E-state index in [0.717, 1.165) is 5.56 Å². The first-order valence-electron chi connectivity index (χ1n) is 7.75. The number of carbonyl (C=O) groups excluding carboxylic acids is 1. The SMILES string of the molecule is COc1ccc(Cl)cc1NC(=O)c1cnc(NCc2cccnc2)cn1. The Labute approximate surface area is 155 Å². The maximum absolute atomic E-state index is 12.3. The van der Waals surface area contributed by atoms with Crippen molar-refractivity contribution in [2.24, 2.45) is 0 Å². The third-order valence-corrected chi connectivity index (χ3v) is 3.73. The molecule has 132 valence electrons. The fourth-order valence-electron chi connectivity index (χ4n) is 2.20. The number of amides is 1. The van der Waals surface area contributed by atoms with E-state index in [1.165, 1.54) is 19.5 Å². The molecule has 26 heavy (non-hydrogen) atoms. The highest BCUT2D eigenvalue weighted by Gasteiger charge is 2.12. The number of hydrogen-bond donors (Lipinski definition) is 2. The van der Waals surface area contributed by atoms with Gasteiger partial charge in [-0.25, -0.2) is 9.97 Å². The van der Waals surface area contributed by atoms with E-state index >= 15 is 0 Å². The summed E-state index contributed by atoms with van der Waals surface area (Å²) in [5, 5.41) is 6.32. The molecule has 0 fully saturated rings. The van der Waals surface area contributed by atoms with Crippen LogP contribution in [0.25, 0.3) is 0 Å². The van der Waals surface area contributed by atoms with Crippen LogP contribution in [0.4, 0.5) is 11.5 Å². The van der Waals surface area contributed by atoms with Crippen molar-refractivity contribution in [3.63, 3.8) is 0 Å². The molecule has 0 bridgehead atoms. The minimum atomic E-state index is -0.406. The van der Waals surface area contributed by atoms with Gasteiger partial charge in [-0.3, -0.25) is 9.78 Å². The lowest BCUT2D eigenvalue weighted by molar-refractivity contribution is 0.102. The van der Waals surface area contributed by atoms with E-state index in [4.69, 9.17) is 16.3 Å². The first-order chi connectivity index (χ1) is 12.7. The number of nitrogens with one attached hydrogen (secondary N) is 2. The first-order valence-corrected chi connectivity index (χ1v) is 8.13. The largest absolute Gasteiger partial charge is 0.495 e. The highest BCUT2D eigenvalue weighted by atomic mass is 35.5. The molecule has 3 aromatic rings. The molecular formula is C18H16ClN5O2. The second-order valence-electron chi connectivity index (χ2n) is 5.30. The number of anilines is 2. The van der Waals surface area contributed by atoms with Crippen molar-refractivity contribution in [3.8, 4) is 5.75 Å². The van der Waals surface area contributed by atoms with Crippen LogP contribution in [0.15, 0.2) is 55.1 Å². The molecule has 0 spiro atoms. The monoisotopic (exact) mass is 369 g/mol. The fourth-order valence-corrected chi connectivity index (χ4v) is 2.37. The predicted octanol–water partition coefficient (Wildman–Crippen LogP) is 3.40. The van der Waals surface area contributed by atoms with Crippen LogP contribution in [-0.2, 0) is 6.54 Å². The zero-order valence-corrected chi connectivity index (χ0v) is 14.7. The quantitative estimate of drug-likeness (QED) is 0.692. The van der Waals surface area contributed by atoms with E-state index < -0.39 is 5.91 Å². The zero-order chi connectivity index (χ0) is 18.4. The molecule has 2 aromatic heterocycles. The van der Waals surface area contributed by atoms with Crippen molar-refractivity contribution in [1.82, 2.24) is 15.0 Å². The van der Waals surface area contributed by atoms with E-state index in [2.05, 4.69) is 25.6 Å². The van der Waals surface area contributed by atoms with Gasteiger partial charge in [-0.15, -0.1) is 0 Å². The van der Waals surface area contributed by atoms with Gasteiger partial charge in [0, 0.05) is 24.0 Å². The van der Waals surface area contributed by atoms with E-state index in [1.54, 1.807) is 30.6 Å². The summed E-state index contributed by atoms with van der Waals surface area (Å²) in [6, 6.07) is 8.77. The van der Waals surface area contributed by atoms with Gasteiger partial charge < -0.3 is 15.4 Å². The smallest absolute Gasteiger partial charge is 0.275 e. The fraction of sp³-hybridized carbons (Fsp3) is 0.111. The van der Waals surface area contributed by atoms with Gasteiger partial charge in [0.1, 0.15) is 17.3 Å². The van der Waals surface area contributed by atoms with Gasteiger partial charge in [-0.05, 0) is 29.8 Å². The van der Waals surface area contributed by atoms with E-state index in [0.29, 0.717) is 28.8 Å². The van der Waals surface area contributed by atoms with Crippen molar-refractivity contribution < 1.29 is 9.53 Å². The number of aromatic nitrogens is 3. The second kappa shape index (κ2) is 8.26. The van der Waals surface area contributed by atoms with Crippen LogP contribution in [0.3, 0.4) is 0 Å². The van der Waals surface area contributed by atoms with Gasteiger partial charge >= 0.3 is 0 Å². The molecule has 8 heteroatoms. The molecule has 0 unspecified atom stereocenters. The van der Waals surface area contributed by atoms with Crippen molar-refractivity contribution in [3.05, 3.63) is 71.4 Å². The molecule has 2 heterocycles. The second-order valence-corrected chi connectivity index (χ2v) is 5.74. The Hall–Kier alpha value is -3.19. The summed E-state index contributed by atoms with van der Waals surface area (Å²) in [6.07, 6.45) is 6.38. The number of ether oxygens (including phenoxy) is 1. The van der Waals surface area contributed by atoms with Crippen LogP contribution in [0.2, 0.25) is 5.02 Å². The number of pyridine rings is 1. The molecule has 3 rings (SSSR count). The van der Waals surface area contributed by atoms with Gasteiger partial charge in [0.25, 0.3) is 5.91 Å². The molecule has 1 aromatic carbocycles. The van der Waals surface area contributed by atoms with Crippen LogP contribution < -0.4 is 15.4 Å². The average molecular weight is 370 g/mol. The number of carbonyl (C=O) groups is 1. The van der Waals surface area contributed by atoms with E-state index in [9.17, 15) is 4.79 Å². The summed E-state index contributed by atoms with van der Waals surface area (Å²) in [4.78, 5) is 24.7. The summed E-state index contributed by atoms with van der Waals surface area (Å²) in [5.41, 5.74) is 1.66. The van der Waals surface area contributed by atoms with Gasteiger partial charge in [-0.2, -0.15) is 0 Å². The third kappa shape index (κ3) is 4.46. The summed E-state index contributed by atoms with van der Waals surface area (Å²) < 4.78 is 5.21. The summed E-state index contributed by atoms with van der Waals surface area (Å²) in [5.74, 6) is 0.660. The summed E-state index contributed by atoms with van der Waals surface area (Å²) >= 11 is 5.96. The normalized spacial score (nSPS) is 10.2. The predicted molar refractivity (Wildman–Crippen MR) is 99.6 cm³/mol. The Morgan fingerprint density at radius 1 is 1.19 bits per heavy atom.